The summed E-state index contributed by atoms with van der Waals surface area (Å²) in [6, 6.07) is 29.0. The number of rotatable bonds is 7. The van der Waals surface area contributed by atoms with Crippen LogP contribution in [0.1, 0.15) is 16.7 Å². The SMILES string of the molecule is O=C([O-])C(Cc1ccccc1)Cc1ccccc1.O=CCc1ccccc1. The zero-order chi connectivity index (χ0) is 19.3. The van der Waals surface area contributed by atoms with E-state index >= 15 is 0 Å². The van der Waals surface area contributed by atoms with Gasteiger partial charge < -0.3 is 14.7 Å². The van der Waals surface area contributed by atoms with Crippen molar-refractivity contribution in [1.29, 1.82) is 0 Å². The van der Waals surface area contributed by atoms with Gasteiger partial charge in [0, 0.05) is 18.3 Å². The van der Waals surface area contributed by atoms with Crippen molar-refractivity contribution in [2.24, 2.45) is 5.92 Å². The molecule has 0 fully saturated rings. The molecule has 0 unspecified atom stereocenters. The van der Waals surface area contributed by atoms with Crippen LogP contribution in [0.2, 0.25) is 0 Å². The molecule has 0 aliphatic carbocycles. The van der Waals surface area contributed by atoms with Gasteiger partial charge in [-0.05, 0) is 29.5 Å². The van der Waals surface area contributed by atoms with Crippen molar-refractivity contribution in [3.8, 4) is 0 Å². The zero-order valence-electron chi connectivity index (χ0n) is 15.2. The molecule has 0 amide bonds. The maximum absolute atomic E-state index is 11.2. The molecule has 0 radical (unpaired) electrons. The monoisotopic (exact) mass is 359 g/mol. The van der Waals surface area contributed by atoms with Gasteiger partial charge in [-0.2, -0.15) is 0 Å². The molecular formula is C24H23O3-. The molecule has 3 aromatic rings. The van der Waals surface area contributed by atoms with Gasteiger partial charge >= 0.3 is 0 Å². The molecule has 0 saturated heterocycles. The van der Waals surface area contributed by atoms with Crippen LogP contribution in [0.3, 0.4) is 0 Å². The lowest BCUT2D eigenvalue weighted by Gasteiger charge is -2.18. The van der Waals surface area contributed by atoms with Crippen molar-refractivity contribution >= 4 is 12.3 Å². The average Bonchev–Trinajstić information content (AvgIpc) is 2.71. The number of carboxylic acid groups (broad SMARTS) is 1. The smallest absolute Gasteiger partial charge is 0.124 e. The highest BCUT2D eigenvalue weighted by molar-refractivity contribution is 5.68. The number of aliphatic carboxylic acids is 1. The molecule has 0 saturated carbocycles. The lowest BCUT2D eigenvalue weighted by molar-refractivity contribution is -0.311. The predicted molar refractivity (Wildman–Crippen MR) is 105 cm³/mol. The molecule has 138 valence electrons. The van der Waals surface area contributed by atoms with E-state index in [4.69, 9.17) is 0 Å². The van der Waals surface area contributed by atoms with Gasteiger partial charge in [0.25, 0.3) is 0 Å². The molecule has 0 atom stereocenters. The molecule has 0 aliphatic heterocycles. The number of hydrogen-bond acceptors (Lipinski definition) is 3. The van der Waals surface area contributed by atoms with Crippen LogP contribution < -0.4 is 5.11 Å². The summed E-state index contributed by atoms with van der Waals surface area (Å²) < 4.78 is 0. The van der Waals surface area contributed by atoms with Crippen molar-refractivity contribution in [2.45, 2.75) is 19.3 Å². The van der Waals surface area contributed by atoms with Crippen LogP contribution in [0.25, 0.3) is 0 Å². The maximum atomic E-state index is 11.2. The van der Waals surface area contributed by atoms with E-state index < -0.39 is 11.9 Å². The number of carboxylic acids is 1. The van der Waals surface area contributed by atoms with Gasteiger partial charge in [0.15, 0.2) is 0 Å². The summed E-state index contributed by atoms with van der Waals surface area (Å²) in [6.07, 6.45) is 2.46. The Hall–Kier alpha value is -3.20. The molecule has 27 heavy (non-hydrogen) atoms. The van der Waals surface area contributed by atoms with Crippen molar-refractivity contribution < 1.29 is 14.7 Å². The van der Waals surface area contributed by atoms with Crippen LogP contribution in [-0.4, -0.2) is 12.3 Å². The minimum atomic E-state index is -0.984. The molecule has 3 nitrogen and oxygen atoms in total. The Bertz CT molecular complexity index is 757. The fraction of sp³-hybridized carbons (Fsp3) is 0.167. The van der Waals surface area contributed by atoms with E-state index in [1.165, 1.54) is 0 Å². The topological polar surface area (TPSA) is 57.2 Å². The fourth-order valence-corrected chi connectivity index (χ4v) is 2.75. The fourth-order valence-electron chi connectivity index (χ4n) is 2.75. The van der Waals surface area contributed by atoms with E-state index in [1.807, 2.05) is 91.0 Å². The Balaban J connectivity index is 0.000000244. The molecule has 0 bridgehead atoms. The quantitative estimate of drug-likeness (QED) is 0.609. The Morgan fingerprint density at radius 2 is 1.07 bits per heavy atom. The summed E-state index contributed by atoms with van der Waals surface area (Å²) in [5.41, 5.74) is 3.14. The van der Waals surface area contributed by atoms with Gasteiger partial charge in [0.1, 0.15) is 6.29 Å². The number of benzene rings is 3. The summed E-state index contributed by atoms with van der Waals surface area (Å²) in [7, 11) is 0. The van der Waals surface area contributed by atoms with Crippen molar-refractivity contribution in [3.05, 3.63) is 108 Å². The van der Waals surface area contributed by atoms with Crippen molar-refractivity contribution in [1.82, 2.24) is 0 Å². The third-order valence-electron chi connectivity index (χ3n) is 4.15. The summed E-state index contributed by atoms with van der Waals surface area (Å²) in [5, 5.41) is 11.2. The Morgan fingerprint density at radius 3 is 1.41 bits per heavy atom. The van der Waals surface area contributed by atoms with E-state index in [-0.39, 0.29) is 0 Å². The number of aldehydes is 1. The van der Waals surface area contributed by atoms with Crippen LogP contribution in [0, 0.1) is 5.92 Å². The van der Waals surface area contributed by atoms with Crippen LogP contribution >= 0.6 is 0 Å². The lowest BCUT2D eigenvalue weighted by Crippen LogP contribution is -2.34. The van der Waals surface area contributed by atoms with E-state index in [2.05, 4.69) is 0 Å². The van der Waals surface area contributed by atoms with Crippen LogP contribution in [0.4, 0.5) is 0 Å². The minimum Gasteiger partial charge on any atom is -0.550 e. The second-order valence-electron chi connectivity index (χ2n) is 6.25. The normalized spacial score (nSPS) is 9.96. The van der Waals surface area contributed by atoms with E-state index in [0.717, 1.165) is 23.0 Å². The molecule has 0 N–H and O–H groups in total. The predicted octanol–water partition coefficient (Wildman–Crippen LogP) is 3.27. The van der Waals surface area contributed by atoms with Gasteiger partial charge in [-0.3, -0.25) is 0 Å². The highest BCUT2D eigenvalue weighted by atomic mass is 16.4. The van der Waals surface area contributed by atoms with Crippen molar-refractivity contribution in [2.75, 3.05) is 0 Å². The Morgan fingerprint density at radius 1 is 0.704 bits per heavy atom. The summed E-state index contributed by atoms with van der Waals surface area (Å²) in [5.74, 6) is -1.46. The third-order valence-corrected chi connectivity index (χ3v) is 4.15. The largest absolute Gasteiger partial charge is 0.550 e. The number of carbonyl (C=O) groups is 2. The first-order chi connectivity index (χ1) is 13.2. The van der Waals surface area contributed by atoms with Gasteiger partial charge in [0.2, 0.25) is 0 Å². The van der Waals surface area contributed by atoms with Gasteiger partial charge in [-0.15, -0.1) is 0 Å². The minimum absolute atomic E-state index is 0.477. The van der Waals surface area contributed by atoms with Crippen LogP contribution in [0.15, 0.2) is 91.0 Å². The zero-order valence-corrected chi connectivity index (χ0v) is 15.2. The first kappa shape index (κ1) is 20.1. The van der Waals surface area contributed by atoms with Gasteiger partial charge in [0.05, 0.1) is 0 Å². The summed E-state index contributed by atoms with van der Waals surface area (Å²) in [4.78, 5) is 21.2. The lowest BCUT2D eigenvalue weighted by atomic mass is 9.93. The van der Waals surface area contributed by atoms with Gasteiger partial charge in [-0.1, -0.05) is 91.0 Å². The van der Waals surface area contributed by atoms with E-state index in [1.54, 1.807) is 0 Å². The third kappa shape index (κ3) is 7.70. The second-order valence-corrected chi connectivity index (χ2v) is 6.25. The molecule has 0 aliphatic rings. The number of carbonyl (C=O) groups excluding carboxylic acids is 2. The highest BCUT2D eigenvalue weighted by Gasteiger charge is 2.11. The van der Waals surface area contributed by atoms with Crippen LogP contribution in [-0.2, 0) is 28.9 Å². The molecule has 3 rings (SSSR count). The molecule has 0 spiro atoms. The standard InChI is InChI=1S/C16H16O2.C8H8O/c17-16(18)15(11-13-7-3-1-4-8-13)12-14-9-5-2-6-10-14;9-7-6-8-4-2-1-3-5-8/h1-10,15H,11-12H2,(H,17,18);1-5,7H,6H2/p-1. The summed E-state index contributed by atoms with van der Waals surface area (Å²) >= 11 is 0. The number of hydrogen-bond donors (Lipinski definition) is 0. The van der Waals surface area contributed by atoms with E-state index in [9.17, 15) is 14.7 Å². The Kier molecular flexibility index (Phi) is 8.51. The molecule has 0 aromatic heterocycles. The molecular weight excluding hydrogens is 336 g/mol. The maximum Gasteiger partial charge on any atom is 0.124 e. The second kappa shape index (κ2) is 11.4. The molecule has 3 aromatic carbocycles. The first-order valence-electron chi connectivity index (χ1n) is 8.95. The first-order valence-corrected chi connectivity index (χ1v) is 8.95. The van der Waals surface area contributed by atoms with Crippen molar-refractivity contribution in [3.63, 3.8) is 0 Å². The summed E-state index contributed by atoms with van der Waals surface area (Å²) in [6.45, 7) is 0. The Labute approximate surface area is 160 Å². The molecule has 3 heteroatoms. The average molecular weight is 359 g/mol. The highest BCUT2D eigenvalue weighted by Crippen LogP contribution is 2.14. The van der Waals surface area contributed by atoms with E-state index in [0.29, 0.717) is 19.3 Å². The molecule has 0 heterocycles. The van der Waals surface area contributed by atoms with Crippen LogP contribution in [0.5, 0.6) is 0 Å². The van der Waals surface area contributed by atoms with Gasteiger partial charge in [-0.25, -0.2) is 0 Å².